The predicted octanol–water partition coefficient (Wildman–Crippen LogP) is 1.74. The van der Waals surface area contributed by atoms with Crippen LogP contribution in [0.3, 0.4) is 0 Å². The molecule has 2 heterocycles. The first-order chi connectivity index (χ1) is 13.6. The molecule has 3 rings (SSSR count). The highest BCUT2D eigenvalue weighted by Gasteiger charge is 2.28. The van der Waals surface area contributed by atoms with E-state index in [0.717, 1.165) is 51.7 Å². The van der Waals surface area contributed by atoms with Crippen molar-refractivity contribution in [3.05, 3.63) is 35.9 Å². The molecule has 3 unspecified atom stereocenters. The Morgan fingerprint density at radius 1 is 1.17 bits per heavy atom. The molecule has 7 heteroatoms. The first-order valence-electron chi connectivity index (χ1n) is 10.7. The van der Waals surface area contributed by atoms with Crippen molar-refractivity contribution >= 4 is 24.2 Å². The van der Waals surface area contributed by atoms with Gasteiger partial charge in [0, 0.05) is 19.6 Å². The van der Waals surface area contributed by atoms with Crippen molar-refractivity contribution in [2.75, 3.05) is 32.7 Å². The van der Waals surface area contributed by atoms with Gasteiger partial charge in [0.1, 0.15) is 0 Å². The zero-order valence-electron chi connectivity index (χ0n) is 17.4. The molecule has 29 heavy (non-hydrogen) atoms. The molecule has 0 saturated carbocycles. The summed E-state index contributed by atoms with van der Waals surface area (Å²) in [5.74, 6) is 0.635. The fourth-order valence-corrected chi connectivity index (χ4v) is 4.18. The maximum absolute atomic E-state index is 12.5. The van der Waals surface area contributed by atoms with Crippen LogP contribution < -0.4 is 16.0 Å². The van der Waals surface area contributed by atoms with Crippen molar-refractivity contribution in [2.45, 2.75) is 51.1 Å². The molecule has 3 atom stereocenters. The van der Waals surface area contributed by atoms with Crippen LogP contribution in [-0.4, -0.2) is 61.5 Å². The number of nitrogens with one attached hydrogen (secondary N) is 3. The van der Waals surface area contributed by atoms with Crippen LogP contribution in [0.2, 0.25) is 0 Å². The van der Waals surface area contributed by atoms with Crippen molar-refractivity contribution < 1.29 is 9.59 Å². The van der Waals surface area contributed by atoms with Gasteiger partial charge in [0.05, 0.1) is 12.1 Å². The van der Waals surface area contributed by atoms with Crippen LogP contribution in [-0.2, 0) is 16.0 Å². The van der Waals surface area contributed by atoms with E-state index >= 15 is 0 Å². The molecule has 162 valence electrons. The van der Waals surface area contributed by atoms with Crippen LogP contribution in [0.1, 0.15) is 38.2 Å². The first kappa shape index (κ1) is 23.6. The van der Waals surface area contributed by atoms with Crippen LogP contribution in [0, 0.1) is 5.92 Å². The minimum Gasteiger partial charge on any atom is -0.354 e. The topological polar surface area (TPSA) is 73.5 Å². The normalized spacial score (nSPS) is 23.1. The number of amides is 2. The minimum atomic E-state index is -0.134. The Balaban J connectivity index is 0.00000300. The lowest BCUT2D eigenvalue weighted by atomic mass is 9.96. The molecule has 2 fully saturated rings. The third-order valence-corrected chi connectivity index (χ3v) is 5.98. The second kappa shape index (κ2) is 12.2. The number of likely N-dealkylation sites (tertiary alicyclic amines) is 1. The molecule has 0 radical (unpaired) electrons. The van der Waals surface area contributed by atoms with Crippen LogP contribution >= 0.6 is 12.4 Å². The molecule has 0 bridgehead atoms. The molecule has 3 N–H and O–H groups in total. The number of carbonyl (C=O) groups excluding carboxylic acids is 2. The first-order valence-corrected chi connectivity index (χ1v) is 10.7. The van der Waals surface area contributed by atoms with Crippen LogP contribution in [0.5, 0.6) is 0 Å². The van der Waals surface area contributed by atoms with Crippen molar-refractivity contribution in [3.63, 3.8) is 0 Å². The Morgan fingerprint density at radius 2 is 1.97 bits per heavy atom. The molecule has 2 saturated heterocycles. The number of hydrogen-bond acceptors (Lipinski definition) is 4. The largest absolute Gasteiger partial charge is 0.354 e. The zero-order valence-corrected chi connectivity index (χ0v) is 18.2. The SMILES string of the molecule is CC(C(=O)NCCc1ccccc1)N1CCCC(CNC(=O)C2CCCN2)C1.Cl. The fraction of sp³-hybridized carbons (Fsp3) is 0.636. The Morgan fingerprint density at radius 3 is 2.69 bits per heavy atom. The summed E-state index contributed by atoms with van der Waals surface area (Å²) in [6.07, 6.45) is 5.04. The number of piperidine rings is 1. The summed E-state index contributed by atoms with van der Waals surface area (Å²) in [6.45, 7) is 6.10. The van der Waals surface area contributed by atoms with Gasteiger partial charge in [0.15, 0.2) is 0 Å². The molecule has 1 aromatic rings. The van der Waals surface area contributed by atoms with E-state index in [-0.39, 0.29) is 36.3 Å². The summed E-state index contributed by atoms with van der Waals surface area (Å²) in [7, 11) is 0. The van der Waals surface area contributed by atoms with Gasteiger partial charge in [-0.2, -0.15) is 0 Å². The van der Waals surface area contributed by atoms with E-state index in [1.807, 2.05) is 25.1 Å². The molecule has 6 nitrogen and oxygen atoms in total. The summed E-state index contributed by atoms with van der Waals surface area (Å²) in [5, 5.41) is 9.42. The molecular weight excluding hydrogens is 388 g/mol. The summed E-state index contributed by atoms with van der Waals surface area (Å²) in [5.41, 5.74) is 1.24. The molecule has 2 aliphatic heterocycles. The van der Waals surface area contributed by atoms with E-state index in [0.29, 0.717) is 19.0 Å². The lowest BCUT2D eigenvalue weighted by Gasteiger charge is -2.36. The van der Waals surface area contributed by atoms with E-state index in [9.17, 15) is 9.59 Å². The zero-order chi connectivity index (χ0) is 19.8. The number of benzene rings is 1. The Labute approximate surface area is 180 Å². The van der Waals surface area contributed by atoms with Crippen molar-refractivity contribution in [1.29, 1.82) is 0 Å². The molecule has 0 aliphatic carbocycles. The third-order valence-electron chi connectivity index (χ3n) is 5.98. The van der Waals surface area contributed by atoms with Gasteiger partial charge in [-0.1, -0.05) is 30.3 Å². The molecule has 0 aromatic heterocycles. The molecule has 0 spiro atoms. The summed E-state index contributed by atoms with van der Waals surface area (Å²) in [4.78, 5) is 27.0. The standard InChI is InChI=1S/C22H34N4O2.ClH/c1-17(21(27)24-13-11-18-7-3-2-4-8-18)26-14-6-9-19(16-26)15-25-22(28)20-10-5-12-23-20;/h2-4,7-8,17,19-20,23H,5-6,9-16H2,1H3,(H,24,27)(H,25,28);1H. The average molecular weight is 423 g/mol. The van der Waals surface area contributed by atoms with E-state index in [1.54, 1.807) is 0 Å². The summed E-state index contributed by atoms with van der Waals surface area (Å²) < 4.78 is 0. The monoisotopic (exact) mass is 422 g/mol. The second-order valence-corrected chi connectivity index (χ2v) is 8.10. The van der Waals surface area contributed by atoms with Gasteiger partial charge in [0.2, 0.25) is 11.8 Å². The smallest absolute Gasteiger partial charge is 0.237 e. The minimum absolute atomic E-state index is 0. The fourth-order valence-electron chi connectivity index (χ4n) is 4.18. The van der Waals surface area contributed by atoms with Crippen LogP contribution in [0.4, 0.5) is 0 Å². The highest BCUT2D eigenvalue weighted by molar-refractivity contribution is 5.85. The average Bonchev–Trinajstić information content (AvgIpc) is 3.27. The number of nitrogens with zero attached hydrogens (tertiary/aromatic N) is 1. The molecule has 2 amide bonds. The van der Waals surface area contributed by atoms with Gasteiger partial charge in [0.25, 0.3) is 0 Å². The third kappa shape index (κ3) is 7.28. The lowest BCUT2D eigenvalue weighted by Crippen LogP contribution is -2.51. The van der Waals surface area contributed by atoms with Crippen molar-refractivity contribution in [3.8, 4) is 0 Å². The molecule has 1 aromatic carbocycles. The maximum atomic E-state index is 12.5. The summed E-state index contributed by atoms with van der Waals surface area (Å²) in [6, 6.07) is 10.1. The van der Waals surface area contributed by atoms with Gasteiger partial charge in [-0.05, 0) is 63.6 Å². The van der Waals surface area contributed by atoms with Gasteiger partial charge < -0.3 is 16.0 Å². The number of halogens is 1. The Kier molecular flexibility index (Phi) is 9.91. The summed E-state index contributed by atoms with van der Waals surface area (Å²) >= 11 is 0. The highest BCUT2D eigenvalue weighted by atomic mass is 35.5. The van der Waals surface area contributed by atoms with Gasteiger partial charge in [-0.15, -0.1) is 12.4 Å². The molecule has 2 aliphatic rings. The van der Waals surface area contributed by atoms with Crippen molar-refractivity contribution in [1.82, 2.24) is 20.9 Å². The highest BCUT2D eigenvalue weighted by Crippen LogP contribution is 2.18. The van der Waals surface area contributed by atoms with E-state index in [2.05, 4.69) is 33.0 Å². The Bertz CT molecular complexity index is 637. The second-order valence-electron chi connectivity index (χ2n) is 8.10. The number of rotatable bonds is 8. The quantitative estimate of drug-likeness (QED) is 0.596. The van der Waals surface area contributed by atoms with Gasteiger partial charge in [-0.25, -0.2) is 0 Å². The van der Waals surface area contributed by atoms with E-state index < -0.39 is 0 Å². The van der Waals surface area contributed by atoms with Gasteiger partial charge >= 0.3 is 0 Å². The van der Waals surface area contributed by atoms with E-state index in [4.69, 9.17) is 0 Å². The lowest BCUT2D eigenvalue weighted by molar-refractivity contribution is -0.127. The Hall–Kier alpha value is -1.63. The van der Waals surface area contributed by atoms with Crippen LogP contribution in [0.25, 0.3) is 0 Å². The van der Waals surface area contributed by atoms with E-state index in [1.165, 1.54) is 5.56 Å². The van der Waals surface area contributed by atoms with Crippen molar-refractivity contribution in [2.24, 2.45) is 5.92 Å². The number of hydrogen-bond donors (Lipinski definition) is 3. The molecular formula is C22H35ClN4O2. The number of carbonyl (C=O) groups is 2. The van der Waals surface area contributed by atoms with Crippen LogP contribution in [0.15, 0.2) is 30.3 Å². The maximum Gasteiger partial charge on any atom is 0.237 e. The predicted molar refractivity (Wildman–Crippen MR) is 118 cm³/mol. The van der Waals surface area contributed by atoms with Gasteiger partial charge in [-0.3, -0.25) is 14.5 Å².